The summed E-state index contributed by atoms with van der Waals surface area (Å²) < 4.78 is 5.43. The first-order valence-electron chi connectivity index (χ1n) is 10.5. The van der Waals surface area contributed by atoms with Gasteiger partial charge in [0, 0.05) is 28.6 Å². The molecule has 0 spiro atoms. The van der Waals surface area contributed by atoms with Crippen LogP contribution in [0.5, 0.6) is 11.5 Å². The summed E-state index contributed by atoms with van der Waals surface area (Å²) in [4.78, 5) is 25.1. The average molecular weight is 491 g/mol. The molecule has 7 heteroatoms. The van der Waals surface area contributed by atoms with Gasteiger partial charge in [0.05, 0.1) is 12.1 Å². The number of rotatable bonds is 10. The van der Waals surface area contributed by atoms with E-state index in [2.05, 4.69) is 6.08 Å². The van der Waals surface area contributed by atoms with Crippen LogP contribution in [0.3, 0.4) is 0 Å². The van der Waals surface area contributed by atoms with Gasteiger partial charge in [0.1, 0.15) is 17.1 Å². The lowest BCUT2D eigenvalue weighted by molar-refractivity contribution is 0.0692. The number of Topliss-reactive ketones (excluding diaryl/α,β-unsaturated/α-hetero) is 1. The molecule has 2 aromatic carbocycles. The highest BCUT2D eigenvalue weighted by Crippen LogP contribution is 2.35. The number of methoxy groups -OCH3 is 1. The lowest BCUT2D eigenvalue weighted by atomic mass is 9.90. The first kappa shape index (κ1) is 26.5. The molecule has 2 N–H and O–H groups in total. The minimum atomic E-state index is -1.33. The molecule has 0 aliphatic carbocycles. The van der Waals surface area contributed by atoms with Crippen molar-refractivity contribution in [1.82, 2.24) is 0 Å². The van der Waals surface area contributed by atoms with Crippen LogP contribution >= 0.6 is 23.2 Å². The number of halogens is 2. The van der Waals surface area contributed by atoms with Crippen molar-refractivity contribution in [2.75, 3.05) is 7.11 Å². The van der Waals surface area contributed by atoms with Crippen molar-refractivity contribution < 1.29 is 24.5 Å². The number of ether oxygens (including phenoxy) is 1. The van der Waals surface area contributed by atoms with Gasteiger partial charge < -0.3 is 14.9 Å². The topological polar surface area (TPSA) is 83.8 Å². The number of carbonyl (C=O) groups excluding carboxylic acids is 1. The minimum Gasteiger partial charge on any atom is -0.507 e. The molecule has 0 aliphatic heterocycles. The molecule has 0 radical (unpaired) electrons. The van der Waals surface area contributed by atoms with E-state index >= 15 is 0 Å². The van der Waals surface area contributed by atoms with Gasteiger partial charge in [0.2, 0.25) is 0 Å². The molecule has 2 rings (SSSR count). The SMILES string of the molecule is COc1cc(O)c(C(=O)O)c(CC(=O)c2ccc(Cl)cc2Cl)c1C/C=C(\C)CCC=C(C)C. The van der Waals surface area contributed by atoms with E-state index in [0.29, 0.717) is 22.8 Å². The fraction of sp³-hybridized carbons (Fsp3) is 0.308. The second-order valence-corrected chi connectivity index (χ2v) is 8.88. The molecule has 33 heavy (non-hydrogen) atoms. The summed E-state index contributed by atoms with van der Waals surface area (Å²) in [6, 6.07) is 5.77. The van der Waals surface area contributed by atoms with Crippen LogP contribution in [-0.2, 0) is 12.8 Å². The van der Waals surface area contributed by atoms with Crippen molar-refractivity contribution in [1.29, 1.82) is 0 Å². The van der Waals surface area contributed by atoms with E-state index in [1.807, 2.05) is 26.8 Å². The zero-order valence-corrected chi connectivity index (χ0v) is 20.7. The lowest BCUT2D eigenvalue weighted by Crippen LogP contribution is -2.13. The standard InChI is InChI=1S/C26H28Cl2O5/c1-15(2)6-5-7-16(3)8-10-18-20(25(26(31)32)23(30)14-24(18)33-4)13-22(29)19-11-9-17(27)12-21(19)28/h6,8-9,11-12,14,30H,5,7,10,13H2,1-4H3,(H,31,32)/b16-8+. The molecule has 0 unspecified atom stereocenters. The largest absolute Gasteiger partial charge is 0.507 e. The highest BCUT2D eigenvalue weighted by molar-refractivity contribution is 6.36. The van der Waals surface area contributed by atoms with Crippen LogP contribution in [0.1, 0.15) is 65.5 Å². The summed E-state index contributed by atoms with van der Waals surface area (Å²) in [6.45, 7) is 6.09. The summed E-state index contributed by atoms with van der Waals surface area (Å²) in [5, 5.41) is 20.7. The Labute approximate surface area is 204 Å². The van der Waals surface area contributed by atoms with Crippen LogP contribution in [0.25, 0.3) is 0 Å². The van der Waals surface area contributed by atoms with E-state index in [0.717, 1.165) is 18.4 Å². The molecule has 0 saturated heterocycles. The number of ketones is 1. The van der Waals surface area contributed by atoms with E-state index in [1.165, 1.54) is 30.9 Å². The van der Waals surface area contributed by atoms with Crippen molar-refractivity contribution in [2.45, 2.75) is 46.5 Å². The zero-order valence-electron chi connectivity index (χ0n) is 19.2. The lowest BCUT2D eigenvalue weighted by Gasteiger charge is -2.17. The maximum absolute atomic E-state index is 13.1. The number of phenols is 1. The molecule has 0 saturated carbocycles. The Bertz CT molecular complexity index is 1110. The van der Waals surface area contributed by atoms with Crippen molar-refractivity contribution in [2.24, 2.45) is 0 Å². The maximum atomic E-state index is 13.1. The van der Waals surface area contributed by atoms with Gasteiger partial charge >= 0.3 is 5.97 Å². The molecule has 0 aromatic heterocycles. The highest BCUT2D eigenvalue weighted by Gasteiger charge is 2.25. The van der Waals surface area contributed by atoms with Gasteiger partial charge in [-0.2, -0.15) is 0 Å². The quantitative estimate of drug-likeness (QED) is 0.274. The third kappa shape index (κ3) is 7.11. The summed E-state index contributed by atoms with van der Waals surface area (Å²) in [7, 11) is 1.44. The van der Waals surface area contributed by atoms with Gasteiger partial charge in [0.15, 0.2) is 5.78 Å². The van der Waals surface area contributed by atoms with Crippen molar-refractivity contribution in [3.05, 3.63) is 79.9 Å². The van der Waals surface area contributed by atoms with Gasteiger partial charge in [-0.05, 0) is 63.8 Å². The first-order chi connectivity index (χ1) is 15.5. The van der Waals surface area contributed by atoms with Crippen LogP contribution in [0, 0.1) is 0 Å². The Morgan fingerprint density at radius 2 is 1.76 bits per heavy atom. The molecule has 5 nitrogen and oxygen atoms in total. The zero-order chi connectivity index (χ0) is 24.7. The van der Waals surface area contributed by atoms with Gasteiger partial charge in [-0.1, -0.05) is 46.5 Å². The van der Waals surface area contributed by atoms with Crippen LogP contribution in [-0.4, -0.2) is 29.1 Å². The van der Waals surface area contributed by atoms with E-state index in [1.54, 1.807) is 6.07 Å². The normalized spacial score (nSPS) is 11.3. The predicted octanol–water partition coefficient (Wildman–Crippen LogP) is 7.07. The second-order valence-electron chi connectivity index (χ2n) is 8.03. The Morgan fingerprint density at radius 3 is 2.33 bits per heavy atom. The van der Waals surface area contributed by atoms with E-state index in [4.69, 9.17) is 27.9 Å². The van der Waals surface area contributed by atoms with Crippen LogP contribution in [0.4, 0.5) is 0 Å². The summed E-state index contributed by atoms with van der Waals surface area (Å²) >= 11 is 12.1. The highest BCUT2D eigenvalue weighted by atomic mass is 35.5. The Kier molecular flexibility index (Phi) is 9.56. The smallest absolute Gasteiger partial charge is 0.339 e. The maximum Gasteiger partial charge on any atom is 0.339 e. The van der Waals surface area contributed by atoms with Crippen molar-refractivity contribution >= 4 is 35.0 Å². The van der Waals surface area contributed by atoms with Gasteiger partial charge in [-0.3, -0.25) is 4.79 Å². The number of aromatic carboxylic acids is 1. The van der Waals surface area contributed by atoms with E-state index < -0.39 is 17.5 Å². The Balaban J connectivity index is 2.52. The summed E-state index contributed by atoms with van der Waals surface area (Å²) in [6.07, 6.45) is 5.98. The third-order valence-corrected chi connectivity index (χ3v) is 5.78. The number of carboxylic acid groups (broad SMARTS) is 1. The summed E-state index contributed by atoms with van der Waals surface area (Å²) in [5.41, 5.74) is 3.00. The van der Waals surface area contributed by atoms with Gasteiger partial charge in [-0.15, -0.1) is 0 Å². The van der Waals surface area contributed by atoms with E-state index in [9.17, 15) is 19.8 Å². The molecule has 0 bridgehead atoms. The molecule has 0 heterocycles. The number of carboxylic acids is 1. The number of hydrogen-bond donors (Lipinski definition) is 2. The number of benzene rings is 2. The fourth-order valence-corrected chi connectivity index (χ4v) is 4.03. The minimum absolute atomic E-state index is 0.174. The van der Waals surface area contributed by atoms with Gasteiger partial charge in [0.25, 0.3) is 0 Å². The number of aromatic hydroxyl groups is 1. The monoisotopic (exact) mass is 490 g/mol. The molecule has 2 aromatic rings. The summed E-state index contributed by atoms with van der Waals surface area (Å²) in [5.74, 6) is -1.86. The molecule has 0 fully saturated rings. The number of hydrogen-bond acceptors (Lipinski definition) is 4. The van der Waals surface area contributed by atoms with Crippen LogP contribution in [0.2, 0.25) is 10.0 Å². The first-order valence-corrected chi connectivity index (χ1v) is 11.2. The molecular weight excluding hydrogens is 463 g/mol. The molecular formula is C26H28Cl2O5. The molecule has 176 valence electrons. The van der Waals surface area contributed by atoms with Crippen molar-refractivity contribution in [3.63, 3.8) is 0 Å². The van der Waals surface area contributed by atoms with Gasteiger partial charge in [-0.25, -0.2) is 4.79 Å². The van der Waals surface area contributed by atoms with Crippen LogP contribution < -0.4 is 4.74 Å². The second kappa shape index (κ2) is 11.9. The number of carbonyl (C=O) groups is 2. The number of allylic oxidation sites excluding steroid dienone is 4. The Hall–Kier alpha value is -2.76. The van der Waals surface area contributed by atoms with E-state index in [-0.39, 0.29) is 28.1 Å². The molecule has 0 atom stereocenters. The Morgan fingerprint density at radius 1 is 1.06 bits per heavy atom. The fourth-order valence-electron chi connectivity index (χ4n) is 3.52. The van der Waals surface area contributed by atoms with Crippen molar-refractivity contribution in [3.8, 4) is 11.5 Å². The average Bonchev–Trinajstić information content (AvgIpc) is 2.71. The third-order valence-electron chi connectivity index (χ3n) is 5.24. The molecule has 0 amide bonds. The van der Waals surface area contributed by atoms with Crippen LogP contribution in [0.15, 0.2) is 47.6 Å². The predicted molar refractivity (Wildman–Crippen MR) is 132 cm³/mol. The molecule has 0 aliphatic rings.